The standard InChI is InChI=1S/C45H26N4/c1-2-11-28(12-3-1)47-38-21-19-29(24-34(38)32-22-23-46-26-41(32)47)48-37-17-9-7-15-33(37)43-40(48)25-35-31-14-6-8-16-36(31)49-39-20-18-27-10-4-5-13-30(27)42(39)44(43)45(35)49/h1-26H. The molecule has 5 aromatic heterocycles. The molecule has 5 heterocycles. The van der Waals surface area contributed by atoms with Gasteiger partial charge in [-0.05, 0) is 71.4 Å². The normalized spacial score (nSPS) is 12.5. The predicted molar refractivity (Wildman–Crippen MR) is 205 cm³/mol. The lowest BCUT2D eigenvalue weighted by Gasteiger charge is -2.10. The first-order valence-corrected chi connectivity index (χ1v) is 16.8. The van der Waals surface area contributed by atoms with Gasteiger partial charge in [-0.3, -0.25) is 4.98 Å². The number of rotatable bonds is 2. The molecule has 4 heteroatoms. The summed E-state index contributed by atoms with van der Waals surface area (Å²) in [7, 11) is 0. The summed E-state index contributed by atoms with van der Waals surface area (Å²) in [5.41, 5.74) is 10.8. The third kappa shape index (κ3) is 3.12. The second kappa shape index (κ2) is 9.03. The van der Waals surface area contributed by atoms with E-state index in [1.807, 2.05) is 12.4 Å². The molecule has 0 saturated carbocycles. The molecule has 0 spiro atoms. The molecule has 0 amide bonds. The number of nitrogens with zero attached hydrogens (tertiary/aromatic N) is 4. The molecular formula is C45H26N4. The molecule has 7 aromatic carbocycles. The van der Waals surface area contributed by atoms with Gasteiger partial charge in [-0.25, -0.2) is 0 Å². The summed E-state index contributed by atoms with van der Waals surface area (Å²) in [5, 5.41) is 12.8. The van der Waals surface area contributed by atoms with Crippen LogP contribution in [0.25, 0.3) is 104 Å². The molecule has 0 bridgehead atoms. The van der Waals surface area contributed by atoms with Crippen LogP contribution in [0.3, 0.4) is 0 Å². The molecule has 49 heavy (non-hydrogen) atoms. The highest BCUT2D eigenvalue weighted by Crippen LogP contribution is 2.48. The van der Waals surface area contributed by atoms with Crippen molar-refractivity contribution in [3.8, 4) is 11.4 Å². The minimum Gasteiger partial charge on any atom is -0.309 e. The van der Waals surface area contributed by atoms with E-state index >= 15 is 0 Å². The van der Waals surface area contributed by atoms with Crippen LogP contribution in [-0.4, -0.2) is 18.5 Å². The van der Waals surface area contributed by atoms with Gasteiger partial charge in [0.15, 0.2) is 0 Å². The SMILES string of the molecule is c1ccc(-n2c3ccc(-n4c5ccccc5c5c6c7c8ccccc8ccc7n7c8ccccc8c(cc54)c67)cc3c3ccncc32)cc1. The quantitative estimate of drug-likeness (QED) is 0.188. The van der Waals surface area contributed by atoms with Crippen molar-refractivity contribution in [2.45, 2.75) is 0 Å². The van der Waals surface area contributed by atoms with Crippen LogP contribution < -0.4 is 0 Å². The largest absolute Gasteiger partial charge is 0.309 e. The Hall–Kier alpha value is -6.65. The number of aromatic nitrogens is 4. The number of hydrogen-bond acceptors (Lipinski definition) is 1. The smallest absolute Gasteiger partial charge is 0.0724 e. The van der Waals surface area contributed by atoms with Crippen molar-refractivity contribution in [2.24, 2.45) is 0 Å². The van der Waals surface area contributed by atoms with Crippen molar-refractivity contribution in [3.63, 3.8) is 0 Å². The first kappa shape index (κ1) is 25.4. The van der Waals surface area contributed by atoms with Crippen LogP contribution in [0.4, 0.5) is 0 Å². The summed E-state index contributed by atoms with van der Waals surface area (Å²) in [6.07, 6.45) is 3.89. The van der Waals surface area contributed by atoms with E-state index in [2.05, 4.69) is 164 Å². The molecule has 12 rings (SSSR count). The van der Waals surface area contributed by atoms with Gasteiger partial charge in [-0.1, -0.05) is 84.9 Å². The molecular weight excluding hydrogens is 597 g/mol. The van der Waals surface area contributed by atoms with Gasteiger partial charge in [0.05, 0.1) is 44.8 Å². The molecule has 0 atom stereocenters. The Labute approximate surface area is 279 Å². The van der Waals surface area contributed by atoms with Crippen molar-refractivity contribution in [1.29, 1.82) is 0 Å². The molecule has 226 valence electrons. The molecule has 0 fully saturated rings. The van der Waals surface area contributed by atoms with E-state index in [1.165, 1.54) is 87.0 Å². The van der Waals surface area contributed by atoms with Gasteiger partial charge < -0.3 is 13.5 Å². The fourth-order valence-electron chi connectivity index (χ4n) is 8.90. The highest BCUT2D eigenvalue weighted by atomic mass is 15.0. The summed E-state index contributed by atoms with van der Waals surface area (Å²) in [5.74, 6) is 0. The Morgan fingerprint density at radius 3 is 1.94 bits per heavy atom. The van der Waals surface area contributed by atoms with Crippen LogP contribution in [0.5, 0.6) is 0 Å². The van der Waals surface area contributed by atoms with E-state index in [4.69, 9.17) is 0 Å². The van der Waals surface area contributed by atoms with E-state index in [0.717, 1.165) is 16.9 Å². The summed E-state index contributed by atoms with van der Waals surface area (Å²) >= 11 is 0. The Balaban J connectivity index is 1.29. The number of pyridine rings is 1. The van der Waals surface area contributed by atoms with Crippen LogP contribution >= 0.6 is 0 Å². The fraction of sp³-hybridized carbons (Fsp3) is 0. The zero-order chi connectivity index (χ0) is 31.8. The minimum atomic E-state index is 1.11. The zero-order valence-electron chi connectivity index (χ0n) is 26.3. The van der Waals surface area contributed by atoms with Gasteiger partial charge in [0.1, 0.15) is 0 Å². The molecule has 0 saturated heterocycles. The van der Waals surface area contributed by atoms with E-state index in [1.54, 1.807) is 0 Å². The Kier molecular flexibility index (Phi) is 4.69. The second-order valence-corrected chi connectivity index (χ2v) is 13.2. The lowest BCUT2D eigenvalue weighted by molar-refractivity contribution is 1.16. The average molecular weight is 623 g/mol. The summed E-state index contributed by atoms with van der Waals surface area (Å²) in [6.45, 7) is 0. The third-order valence-corrected chi connectivity index (χ3v) is 10.8. The Bertz CT molecular complexity index is 3320. The van der Waals surface area contributed by atoms with Crippen molar-refractivity contribution < 1.29 is 0 Å². The molecule has 12 aromatic rings. The molecule has 4 nitrogen and oxygen atoms in total. The van der Waals surface area contributed by atoms with Gasteiger partial charge in [0.25, 0.3) is 0 Å². The lowest BCUT2D eigenvalue weighted by Crippen LogP contribution is -1.95. The van der Waals surface area contributed by atoms with E-state index in [-0.39, 0.29) is 0 Å². The minimum absolute atomic E-state index is 1.11. The fourth-order valence-corrected chi connectivity index (χ4v) is 8.90. The highest BCUT2D eigenvalue weighted by molar-refractivity contribution is 6.38. The Morgan fingerprint density at radius 1 is 0.367 bits per heavy atom. The molecule has 0 N–H and O–H groups in total. The topological polar surface area (TPSA) is 27.2 Å². The summed E-state index contributed by atoms with van der Waals surface area (Å²) in [4.78, 5) is 4.53. The average Bonchev–Trinajstić information content (AvgIpc) is 3.88. The Morgan fingerprint density at radius 2 is 1.04 bits per heavy atom. The van der Waals surface area contributed by atoms with Crippen molar-refractivity contribution in [3.05, 3.63) is 158 Å². The lowest BCUT2D eigenvalue weighted by atomic mass is 9.98. The number of para-hydroxylation sites is 3. The van der Waals surface area contributed by atoms with Crippen LogP contribution in [-0.2, 0) is 0 Å². The summed E-state index contributed by atoms with van der Waals surface area (Å²) in [6, 6.07) is 53.4. The van der Waals surface area contributed by atoms with Gasteiger partial charge in [0, 0.05) is 60.7 Å². The second-order valence-electron chi connectivity index (χ2n) is 13.2. The zero-order valence-corrected chi connectivity index (χ0v) is 26.3. The maximum Gasteiger partial charge on any atom is 0.0724 e. The first-order chi connectivity index (χ1) is 24.3. The number of benzene rings is 7. The van der Waals surface area contributed by atoms with E-state index < -0.39 is 0 Å². The maximum absolute atomic E-state index is 4.53. The van der Waals surface area contributed by atoms with Crippen molar-refractivity contribution >= 4 is 92.5 Å². The van der Waals surface area contributed by atoms with Gasteiger partial charge in [-0.15, -0.1) is 0 Å². The number of hydrogen-bond donors (Lipinski definition) is 0. The van der Waals surface area contributed by atoms with Gasteiger partial charge >= 0.3 is 0 Å². The van der Waals surface area contributed by atoms with Crippen LogP contribution in [0, 0.1) is 0 Å². The molecule has 0 radical (unpaired) electrons. The molecule has 0 aliphatic heterocycles. The van der Waals surface area contributed by atoms with Crippen molar-refractivity contribution in [1.82, 2.24) is 18.5 Å². The van der Waals surface area contributed by atoms with Crippen LogP contribution in [0.2, 0.25) is 0 Å². The first-order valence-electron chi connectivity index (χ1n) is 16.8. The monoisotopic (exact) mass is 622 g/mol. The molecule has 0 aliphatic carbocycles. The summed E-state index contributed by atoms with van der Waals surface area (Å²) < 4.78 is 7.32. The molecule has 0 aliphatic rings. The van der Waals surface area contributed by atoms with Crippen LogP contribution in [0.15, 0.2) is 158 Å². The van der Waals surface area contributed by atoms with Gasteiger partial charge in [-0.2, -0.15) is 0 Å². The van der Waals surface area contributed by atoms with E-state index in [9.17, 15) is 0 Å². The number of fused-ring (bicyclic) bond motifs is 15. The van der Waals surface area contributed by atoms with Gasteiger partial charge in [0.2, 0.25) is 0 Å². The predicted octanol–water partition coefficient (Wildman–Crippen LogP) is 11.6. The highest BCUT2D eigenvalue weighted by Gasteiger charge is 2.25. The maximum atomic E-state index is 4.53. The third-order valence-electron chi connectivity index (χ3n) is 10.8. The van der Waals surface area contributed by atoms with Crippen molar-refractivity contribution in [2.75, 3.05) is 0 Å². The van der Waals surface area contributed by atoms with Crippen LogP contribution in [0.1, 0.15) is 0 Å². The van der Waals surface area contributed by atoms with E-state index in [0.29, 0.717) is 0 Å². The molecule has 0 unspecified atom stereocenters.